The van der Waals surface area contributed by atoms with E-state index in [1.807, 2.05) is 24.0 Å². The van der Waals surface area contributed by atoms with Crippen molar-refractivity contribution in [1.82, 2.24) is 19.9 Å². The lowest BCUT2D eigenvalue weighted by molar-refractivity contribution is -0.136. The van der Waals surface area contributed by atoms with Gasteiger partial charge in [-0.05, 0) is 31.9 Å². The number of methoxy groups -OCH3 is 1. The number of amides is 1. The largest absolute Gasteiger partial charge is 0.435 e. The normalized spacial score (nSPS) is 17.4. The highest BCUT2D eigenvalue weighted by Crippen LogP contribution is 2.33. The van der Waals surface area contributed by atoms with Gasteiger partial charge in [0.2, 0.25) is 11.8 Å². The van der Waals surface area contributed by atoms with Gasteiger partial charge in [0.1, 0.15) is 12.3 Å². The van der Waals surface area contributed by atoms with Gasteiger partial charge in [-0.15, -0.1) is 0 Å². The van der Waals surface area contributed by atoms with E-state index in [2.05, 4.69) is 15.0 Å². The van der Waals surface area contributed by atoms with Crippen molar-refractivity contribution < 1.29 is 14.3 Å². The fourth-order valence-corrected chi connectivity index (χ4v) is 3.02. The number of nitrogens with zero attached hydrogens (tertiary/aromatic N) is 4. The summed E-state index contributed by atoms with van der Waals surface area (Å²) in [6.45, 7) is 3.34. The van der Waals surface area contributed by atoms with Crippen LogP contribution in [-0.4, -0.2) is 52.6 Å². The maximum absolute atomic E-state index is 12.1. The number of pyridine rings is 1. The molecule has 0 N–H and O–H groups in total. The number of aromatic nitrogens is 3. The lowest BCUT2D eigenvalue weighted by Crippen LogP contribution is -2.41. The number of hydrogen-bond donors (Lipinski definition) is 0. The van der Waals surface area contributed by atoms with Gasteiger partial charge in [0.25, 0.3) is 0 Å². The van der Waals surface area contributed by atoms with E-state index in [4.69, 9.17) is 9.47 Å². The Morgan fingerprint density at radius 1 is 1.28 bits per heavy atom. The second-order valence-electron chi connectivity index (χ2n) is 6.05. The van der Waals surface area contributed by atoms with Crippen LogP contribution < -0.4 is 4.74 Å². The summed E-state index contributed by atoms with van der Waals surface area (Å²) in [5.41, 5.74) is 1.57. The molecule has 2 aromatic heterocycles. The fourth-order valence-electron chi connectivity index (χ4n) is 3.02. The quantitative estimate of drug-likeness (QED) is 0.830. The smallest absolute Gasteiger partial charge is 0.248 e. The average molecular weight is 342 g/mol. The van der Waals surface area contributed by atoms with Gasteiger partial charge in [-0.25, -0.2) is 4.98 Å². The molecule has 2 aromatic rings. The van der Waals surface area contributed by atoms with Crippen molar-refractivity contribution >= 4 is 5.91 Å². The Kier molecular flexibility index (Phi) is 5.55. The Morgan fingerprint density at radius 2 is 2.12 bits per heavy atom. The van der Waals surface area contributed by atoms with Crippen LogP contribution >= 0.6 is 0 Å². The molecular weight excluding hydrogens is 320 g/mol. The molecule has 1 fully saturated rings. The third kappa shape index (κ3) is 4.11. The summed E-state index contributed by atoms with van der Waals surface area (Å²) in [6.07, 6.45) is 6.86. The van der Waals surface area contributed by atoms with Crippen molar-refractivity contribution in [3.05, 3.63) is 42.1 Å². The van der Waals surface area contributed by atoms with Crippen molar-refractivity contribution in [2.45, 2.75) is 25.7 Å². The number of hydrogen-bond acceptors (Lipinski definition) is 6. The highest BCUT2D eigenvalue weighted by molar-refractivity contribution is 5.77. The van der Waals surface area contributed by atoms with E-state index in [0.717, 1.165) is 30.8 Å². The molecule has 0 radical (unpaired) electrons. The molecule has 0 aliphatic carbocycles. The lowest BCUT2D eigenvalue weighted by atomic mass is 9.94. The van der Waals surface area contributed by atoms with Crippen molar-refractivity contribution in [2.75, 3.05) is 26.8 Å². The van der Waals surface area contributed by atoms with E-state index in [1.54, 1.807) is 18.6 Å². The minimum absolute atomic E-state index is 0.00154. The number of ether oxygens (including phenoxy) is 2. The van der Waals surface area contributed by atoms with Crippen molar-refractivity contribution in [1.29, 1.82) is 0 Å². The Labute approximate surface area is 147 Å². The van der Waals surface area contributed by atoms with Crippen LogP contribution in [0.25, 0.3) is 0 Å². The molecule has 7 nitrogen and oxygen atoms in total. The summed E-state index contributed by atoms with van der Waals surface area (Å²) in [4.78, 5) is 27.0. The predicted octanol–water partition coefficient (Wildman–Crippen LogP) is 2.32. The van der Waals surface area contributed by atoms with Gasteiger partial charge >= 0.3 is 0 Å². The molecule has 1 aliphatic rings. The first-order valence-electron chi connectivity index (χ1n) is 8.36. The SMILES string of the molecule is COCC(=O)N1CCCC(c2nccnc2Oc2cccnc2C)C1. The van der Waals surface area contributed by atoms with Gasteiger partial charge in [-0.2, -0.15) is 0 Å². The molecule has 3 rings (SSSR count). The second kappa shape index (κ2) is 8.02. The minimum atomic E-state index is 0.00154. The molecule has 0 spiro atoms. The van der Waals surface area contributed by atoms with E-state index in [1.165, 1.54) is 7.11 Å². The maximum Gasteiger partial charge on any atom is 0.248 e. The van der Waals surface area contributed by atoms with Crippen LogP contribution in [0.5, 0.6) is 11.6 Å². The van der Waals surface area contributed by atoms with Gasteiger partial charge in [0.15, 0.2) is 5.75 Å². The van der Waals surface area contributed by atoms with Crippen molar-refractivity contribution in [3.63, 3.8) is 0 Å². The first-order chi connectivity index (χ1) is 12.2. The topological polar surface area (TPSA) is 77.4 Å². The molecule has 1 atom stereocenters. The fraction of sp³-hybridized carbons (Fsp3) is 0.444. The number of carbonyl (C=O) groups excluding carboxylic acids is 1. The van der Waals surface area contributed by atoms with Crippen LogP contribution in [0.1, 0.15) is 30.1 Å². The van der Waals surface area contributed by atoms with Crippen molar-refractivity contribution in [3.8, 4) is 11.6 Å². The zero-order valence-electron chi connectivity index (χ0n) is 14.5. The van der Waals surface area contributed by atoms with Gasteiger partial charge < -0.3 is 14.4 Å². The molecule has 7 heteroatoms. The molecule has 1 unspecified atom stereocenters. The Hall–Kier alpha value is -2.54. The van der Waals surface area contributed by atoms with E-state index < -0.39 is 0 Å². The molecule has 1 aliphatic heterocycles. The second-order valence-corrected chi connectivity index (χ2v) is 6.05. The average Bonchev–Trinajstić information content (AvgIpc) is 2.64. The van der Waals surface area contributed by atoms with Gasteiger partial charge in [0, 0.05) is 44.7 Å². The molecular formula is C18H22N4O3. The molecule has 1 saturated heterocycles. The summed E-state index contributed by atoms with van der Waals surface area (Å²) >= 11 is 0. The summed E-state index contributed by atoms with van der Waals surface area (Å²) in [7, 11) is 1.53. The lowest BCUT2D eigenvalue weighted by Gasteiger charge is -2.32. The standard InChI is InChI=1S/C18H22N4O3/c1-13-15(6-3-7-19-13)25-18-17(20-8-9-21-18)14-5-4-10-22(11-14)16(23)12-24-2/h3,6-9,14H,4-5,10-12H2,1-2H3. The third-order valence-corrected chi connectivity index (χ3v) is 4.28. The molecule has 0 aromatic carbocycles. The van der Waals surface area contributed by atoms with Crippen LogP contribution in [-0.2, 0) is 9.53 Å². The molecule has 25 heavy (non-hydrogen) atoms. The number of aryl methyl sites for hydroxylation is 1. The highest BCUT2D eigenvalue weighted by Gasteiger charge is 2.28. The molecule has 0 bridgehead atoms. The maximum atomic E-state index is 12.1. The van der Waals surface area contributed by atoms with Gasteiger partial charge in [0.05, 0.1) is 5.69 Å². The molecule has 3 heterocycles. The number of piperidine rings is 1. The number of likely N-dealkylation sites (tertiary alicyclic amines) is 1. The number of rotatable bonds is 5. The Balaban J connectivity index is 1.80. The van der Waals surface area contributed by atoms with Crippen LogP contribution in [0.3, 0.4) is 0 Å². The van der Waals surface area contributed by atoms with Crippen LogP contribution in [0, 0.1) is 6.92 Å². The Morgan fingerprint density at radius 3 is 2.92 bits per heavy atom. The Bertz CT molecular complexity index is 738. The summed E-state index contributed by atoms with van der Waals surface area (Å²) in [5, 5.41) is 0. The van der Waals surface area contributed by atoms with Crippen LogP contribution in [0.2, 0.25) is 0 Å². The van der Waals surface area contributed by atoms with Crippen molar-refractivity contribution in [2.24, 2.45) is 0 Å². The summed E-state index contributed by atoms with van der Waals surface area (Å²) in [5.74, 6) is 1.23. The van der Waals surface area contributed by atoms with E-state index >= 15 is 0 Å². The predicted molar refractivity (Wildman–Crippen MR) is 91.5 cm³/mol. The monoisotopic (exact) mass is 342 g/mol. The van der Waals surface area contributed by atoms with Gasteiger partial charge in [-0.1, -0.05) is 0 Å². The highest BCUT2D eigenvalue weighted by atomic mass is 16.5. The van der Waals surface area contributed by atoms with E-state index in [9.17, 15) is 4.79 Å². The van der Waals surface area contributed by atoms with Gasteiger partial charge in [-0.3, -0.25) is 14.8 Å². The first kappa shape index (κ1) is 17.3. The summed E-state index contributed by atoms with van der Waals surface area (Å²) < 4.78 is 10.9. The third-order valence-electron chi connectivity index (χ3n) is 4.28. The van der Waals surface area contributed by atoms with Crippen LogP contribution in [0.15, 0.2) is 30.7 Å². The zero-order valence-corrected chi connectivity index (χ0v) is 14.5. The molecule has 1 amide bonds. The molecule has 132 valence electrons. The number of carbonyl (C=O) groups is 1. The van der Waals surface area contributed by atoms with Crippen LogP contribution in [0.4, 0.5) is 0 Å². The minimum Gasteiger partial charge on any atom is -0.435 e. The summed E-state index contributed by atoms with van der Waals surface area (Å²) in [6, 6.07) is 3.68. The van der Waals surface area contributed by atoms with E-state index in [-0.39, 0.29) is 18.4 Å². The van der Waals surface area contributed by atoms with E-state index in [0.29, 0.717) is 18.2 Å². The first-order valence-corrected chi connectivity index (χ1v) is 8.36. The molecule has 0 saturated carbocycles. The zero-order chi connectivity index (χ0) is 17.6.